The number of pyridine rings is 1. The molecule has 22 heavy (non-hydrogen) atoms. The van der Waals surface area contributed by atoms with Gasteiger partial charge in [-0.05, 0) is 30.5 Å². The van der Waals surface area contributed by atoms with Gasteiger partial charge in [0.25, 0.3) is 0 Å². The third kappa shape index (κ3) is 2.24. The Morgan fingerprint density at radius 1 is 1.14 bits per heavy atom. The highest BCUT2D eigenvalue weighted by atomic mass is 15.4. The van der Waals surface area contributed by atoms with Crippen molar-refractivity contribution in [1.29, 1.82) is 0 Å². The lowest BCUT2D eigenvalue weighted by Crippen LogP contribution is -2.28. The van der Waals surface area contributed by atoms with Gasteiger partial charge in [0, 0.05) is 12.4 Å². The van der Waals surface area contributed by atoms with Crippen LogP contribution in [0.2, 0.25) is 0 Å². The molecular weight excluding hydrogens is 274 g/mol. The quantitative estimate of drug-likeness (QED) is 0.788. The van der Waals surface area contributed by atoms with Gasteiger partial charge in [-0.3, -0.25) is 4.98 Å². The van der Waals surface area contributed by atoms with Gasteiger partial charge in [-0.15, -0.1) is 0 Å². The lowest BCUT2D eigenvalue weighted by atomic mass is 9.94. The van der Waals surface area contributed by atoms with Gasteiger partial charge < -0.3 is 5.32 Å². The molecule has 2 aromatic heterocycles. The number of aryl methyl sites for hydroxylation is 1. The number of fused-ring (bicyclic) bond motifs is 1. The third-order valence-electron chi connectivity index (χ3n) is 4.18. The topological polar surface area (TPSA) is 55.6 Å². The molecule has 0 spiro atoms. The van der Waals surface area contributed by atoms with Gasteiger partial charge in [0.15, 0.2) is 0 Å². The minimum atomic E-state index is 0.185. The Labute approximate surface area is 129 Å². The van der Waals surface area contributed by atoms with Crippen LogP contribution in [0.4, 0.5) is 5.95 Å². The monoisotopic (exact) mass is 291 g/mol. The zero-order valence-electron chi connectivity index (χ0n) is 12.3. The summed E-state index contributed by atoms with van der Waals surface area (Å²) in [6.07, 6.45) is 6.24. The second-order valence-corrected chi connectivity index (χ2v) is 5.67. The predicted octanol–water partition coefficient (Wildman–Crippen LogP) is 3.13. The Bertz CT molecular complexity index is 763. The molecule has 3 heterocycles. The Morgan fingerprint density at radius 2 is 2.00 bits per heavy atom. The zero-order chi connectivity index (χ0) is 14.9. The fraction of sp³-hybridized carbons (Fsp3) is 0.235. The van der Waals surface area contributed by atoms with Crippen LogP contribution in [0.1, 0.15) is 35.2 Å². The molecule has 1 aliphatic heterocycles. The first-order valence-corrected chi connectivity index (χ1v) is 7.44. The fourth-order valence-electron chi connectivity index (χ4n) is 2.99. The molecule has 0 amide bonds. The van der Waals surface area contributed by atoms with E-state index in [1.807, 2.05) is 16.9 Å². The number of hydrogen-bond acceptors (Lipinski definition) is 4. The van der Waals surface area contributed by atoms with Crippen LogP contribution in [0.15, 0.2) is 55.1 Å². The van der Waals surface area contributed by atoms with Crippen LogP contribution in [0.5, 0.6) is 0 Å². The Morgan fingerprint density at radius 3 is 2.77 bits per heavy atom. The molecule has 0 bridgehead atoms. The predicted molar refractivity (Wildman–Crippen MR) is 84.6 cm³/mol. The number of rotatable bonds is 2. The molecule has 4 rings (SSSR count). The minimum absolute atomic E-state index is 0.185. The first-order chi connectivity index (χ1) is 10.8. The van der Waals surface area contributed by atoms with Crippen LogP contribution >= 0.6 is 0 Å². The highest BCUT2D eigenvalue weighted by Gasteiger charge is 2.29. The molecule has 1 N–H and O–H groups in total. The van der Waals surface area contributed by atoms with Gasteiger partial charge in [-0.1, -0.05) is 35.9 Å². The van der Waals surface area contributed by atoms with Gasteiger partial charge in [-0.25, -0.2) is 4.68 Å². The SMILES string of the molecule is Cc1ccc([C@H]2C[C@@H](c3cccnc3)Nc3ncnn32)cc1. The maximum Gasteiger partial charge on any atom is 0.222 e. The van der Waals surface area contributed by atoms with Crippen LogP contribution in [-0.4, -0.2) is 19.7 Å². The molecule has 0 aliphatic carbocycles. The van der Waals surface area contributed by atoms with Crippen LogP contribution < -0.4 is 5.32 Å². The van der Waals surface area contributed by atoms with E-state index in [9.17, 15) is 0 Å². The summed E-state index contributed by atoms with van der Waals surface area (Å²) in [5.41, 5.74) is 3.70. The number of nitrogens with one attached hydrogen (secondary N) is 1. The average molecular weight is 291 g/mol. The van der Waals surface area contributed by atoms with Crippen molar-refractivity contribution >= 4 is 5.95 Å². The molecule has 0 fully saturated rings. The van der Waals surface area contributed by atoms with Crippen LogP contribution in [0, 0.1) is 6.92 Å². The largest absolute Gasteiger partial charge is 0.347 e. The van der Waals surface area contributed by atoms with E-state index in [2.05, 4.69) is 57.6 Å². The second kappa shape index (κ2) is 5.26. The molecular formula is C17H17N5. The molecule has 5 heteroatoms. The molecule has 0 saturated carbocycles. The van der Waals surface area contributed by atoms with Gasteiger partial charge in [0.2, 0.25) is 5.95 Å². The Balaban J connectivity index is 1.73. The van der Waals surface area contributed by atoms with Crippen LogP contribution in [-0.2, 0) is 0 Å². The van der Waals surface area contributed by atoms with E-state index in [0.29, 0.717) is 0 Å². The summed E-state index contributed by atoms with van der Waals surface area (Å²) in [6, 6.07) is 13.1. The van der Waals surface area contributed by atoms with Crippen molar-refractivity contribution in [2.75, 3.05) is 5.32 Å². The molecule has 3 aromatic rings. The number of anilines is 1. The zero-order valence-corrected chi connectivity index (χ0v) is 12.3. The van der Waals surface area contributed by atoms with Gasteiger partial charge in [0.1, 0.15) is 6.33 Å². The molecule has 1 aromatic carbocycles. The standard InChI is InChI=1S/C17H17N5/c1-12-4-6-13(7-5-12)16-9-15(14-3-2-8-18-10-14)21-17-19-11-20-22(16)17/h2-8,10-11,15-16H,9H2,1H3,(H,19,20,21)/t15-,16+/m0/s1. The van der Waals surface area contributed by atoms with Crippen molar-refractivity contribution in [3.05, 3.63) is 71.8 Å². The third-order valence-corrected chi connectivity index (χ3v) is 4.18. The highest BCUT2D eigenvalue weighted by molar-refractivity contribution is 5.37. The molecule has 0 radical (unpaired) electrons. The number of aromatic nitrogens is 4. The number of benzene rings is 1. The first-order valence-electron chi connectivity index (χ1n) is 7.44. The summed E-state index contributed by atoms with van der Waals surface area (Å²) in [7, 11) is 0. The molecule has 2 atom stereocenters. The van der Waals surface area contributed by atoms with Crippen LogP contribution in [0.3, 0.4) is 0 Å². The molecule has 0 unspecified atom stereocenters. The van der Waals surface area contributed by atoms with Crippen molar-refractivity contribution in [2.45, 2.75) is 25.4 Å². The Kier molecular flexibility index (Phi) is 3.11. The molecule has 5 nitrogen and oxygen atoms in total. The Hall–Kier alpha value is -2.69. The number of hydrogen-bond donors (Lipinski definition) is 1. The lowest BCUT2D eigenvalue weighted by molar-refractivity contribution is 0.430. The number of nitrogens with zero attached hydrogens (tertiary/aromatic N) is 4. The van der Waals surface area contributed by atoms with Gasteiger partial charge in [-0.2, -0.15) is 10.1 Å². The van der Waals surface area contributed by atoms with Crippen LogP contribution in [0.25, 0.3) is 0 Å². The summed E-state index contributed by atoms with van der Waals surface area (Å²) in [5, 5.41) is 7.85. The lowest BCUT2D eigenvalue weighted by Gasteiger charge is -2.31. The maximum atomic E-state index is 4.39. The summed E-state index contributed by atoms with van der Waals surface area (Å²) in [5.74, 6) is 0.811. The summed E-state index contributed by atoms with van der Waals surface area (Å²) >= 11 is 0. The van der Waals surface area contributed by atoms with Crippen molar-refractivity contribution in [3.8, 4) is 0 Å². The fourth-order valence-corrected chi connectivity index (χ4v) is 2.99. The van der Waals surface area contributed by atoms with Crippen molar-refractivity contribution in [1.82, 2.24) is 19.7 Å². The van der Waals surface area contributed by atoms with E-state index in [0.717, 1.165) is 12.4 Å². The van der Waals surface area contributed by atoms with E-state index in [4.69, 9.17) is 0 Å². The van der Waals surface area contributed by atoms with E-state index in [-0.39, 0.29) is 12.1 Å². The average Bonchev–Trinajstić information content (AvgIpc) is 3.04. The van der Waals surface area contributed by atoms with Crippen molar-refractivity contribution in [2.24, 2.45) is 0 Å². The van der Waals surface area contributed by atoms with E-state index in [1.54, 1.807) is 12.5 Å². The van der Waals surface area contributed by atoms with E-state index in [1.165, 1.54) is 16.7 Å². The summed E-state index contributed by atoms with van der Waals surface area (Å²) < 4.78 is 1.97. The van der Waals surface area contributed by atoms with Crippen molar-refractivity contribution in [3.63, 3.8) is 0 Å². The van der Waals surface area contributed by atoms with E-state index < -0.39 is 0 Å². The molecule has 110 valence electrons. The highest BCUT2D eigenvalue weighted by Crippen LogP contribution is 2.36. The minimum Gasteiger partial charge on any atom is -0.347 e. The smallest absolute Gasteiger partial charge is 0.222 e. The summed E-state index contributed by atoms with van der Waals surface area (Å²) in [6.45, 7) is 2.10. The molecule has 0 saturated heterocycles. The first kappa shape index (κ1) is 13.0. The molecule has 1 aliphatic rings. The van der Waals surface area contributed by atoms with Gasteiger partial charge in [0.05, 0.1) is 12.1 Å². The maximum absolute atomic E-state index is 4.39. The van der Waals surface area contributed by atoms with Gasteiger partial charge >= 0.3 is 0 Å². The second-order valence-electron chi connectivity index (χ2n) is 5.67. The van der Waals surface area contributed by atoms with Crippen molar-refractivity contribution < 1.29 is 0 Å². The summed E-state index contributed by atoms with van der Waals surface area (Å²) in [4.78, 5) is 8.58. The normalized spacial score (nSPS) is 20.2. The van der Waals surface area contributed by atoms with E-state index >= 15 is 0 Å².